The summed E-state index contributed by atoms with van der Waals surface area (Å²) in [5.74, 6) is -0.428. The van der Waals surface area contributed by atoms with Gasteiger partial charge in [0.25, 0.3) is 0 Å². The van der Waals surface area contributed by atoms with Crippen LogP contribution in [-0.4, -0.2) is 79.7 Å². The van der Waals surface area contributed by atoms with Gasteiger partial charge < -0.3 is 4.74 Å². The van der Waals surface area contributed by atoms with Crippen molar-refractivity contribution < 1.29 is 22.3 Å². The Morgan fingerprint density at radius 3 is 2.76 bits per heavy atom. The number of amides is 2. The first-order valence-electron chi connectivity index (χ1n) is 10.9. The quantitative estimate of drug-likeness (QED) is 0.553. The Morgan fingerprint density at radius 1 is 1.27 bits per heavy atom. The number of anilines is 1. The maximum atomic E-state index is 15.2. The third-order valence-corrected chi connectivity index (χ3v) is 7.71. The average molecular weight is 482 g/mol. The monoisotopic (exact) mass is 481 g/mol. The molecule has 2 heterocycles. The second kappa shape index (κ2) is 11.1. The zero-order valence-electron chi connectivity index (χ0n) is 19.2. The highest BCUT2D eigenvalue weighted by Crippen LogP contribution is 2.22. The lowest BCUT2D eigenvalue weighted by Gasteiger charge is -2.40. The van der Waals surface area contributed by atoms with Gasteiger partial charge in [-0.25, -0.2) is 17.6 Å². The van der Waals surface area contributed by atoms with Gasteiger partial charge in [-0.1, -0.05) is 24.3 Å². The van der Waals surface area contributed by atoms with E-state index >= 15 is 4.39 Å². The van der Waals surface area contributed by atoms with Crippen LogP contribution in [0.3, 0.4) is 0 Å². The zero-order chi connectivity index (χ0) is 24.0. The van der Waals surface area contributed by atoms with Gasteiger partial charge in [-0.05, 0) is 26.0 Å². The summed E-state index contributed by atoms with van der Waals surface area (Å²) in [6, 6.07) is 4.24. The van der Waals surface area contributed by atoms with Crippen LogP contribution in [0.4, 0.5) is 14.9 Å². The summed E-state index contributed by atoms with van der Waals surface area (Å²) in [6.07, 6.45) is 7.15. The standard InChI is InChI=1S/C22H32FN5O4S/c1-4-33(30,31)27-13-12-26(19(15-27)16-32-3)14-18-9-7-10-20(21(18)23)24-25-22(29)28-11-6-5-8-17(28)2/h5-11,17,19,24H,4,12-16H2,1-3H3,(H,25,29)/t17?,19-/m1/s1. The summed E-state index contributed by atoms with van der Waals surface area (Å²) >= 11 is 0. The molecule has 182 valence electrons. The van der Waals surface area contributed by atoms with E-state index in [1.807, 2.05) is 24.0 Å². The van der Waals surface area contributed by atoms with E-state index in [1.165, 1.54) is 9.21 Å². The van der Waals surface area contributed by atoms with E-state index in [-0.39, 0.29) is 23.5 Å². The zero-order valence-corrected chi connectivity index (χ0v) is 20.0. The predicted octanol–water partition coefficient (Wildman–Crippen LogP) is 2.12. The molecule has 0 aliphatic carbocycles. The number of urea groups is 1. The lowest BCUT2D eigenvalue weighted by Crippen LogP contribution is -2.56. The minimum Gasteiger partial charge on any atom is -0.383 e. The number of halogens is 1. The van der Waals surface area contributed by atoms with Crippen molar-refractivity contribution in [1.82, 2.24) is 19.5 Å². The molecule has 0 saturated carbocycles. The molecular weight excluding hydrogens is 449 g/mol. The summed E-state index contributed by atoms with van der Waals surface area (Å²) in [4.78, 5) is 15.9. The lowest BCUT2D eigenvalue weighted by atomic mass is 10.1. The molecule has 2 amide bonds. The number of allylic oxidation sites excluding steroid dienone is 2. The minimum atomic E-state index is -3.30. The number of methoxy groups -OCH3 is 1. The largest absolute Gasteiger partial charge is 0.383 e. The Kier molecular flexibility index (Phi) is 8.46. The van der Waals surface area contributed by atoms with Crippen LogP contribution in [0.15, 0.2) is 42.6 Å². The van der Waals surface area contributed by atoms with E-state index in [0.717, 1.165) is 0 Å². The molecule has 2 aliphatic rings. The molecule has 9 nitrogen and oxygen atoms in total. The van der Waals surface area contributed by atoms with Crippen molar-refractivity contribution in [1.29, 1.82) is 0 Å². The highest BCUT2D eigenvalue weighted by Gasteiger charge is 2.33. The Hall–Kier alpha value is -2.47. The number of carbonyl (C=O) groups excluding carboxylic acids is 1. The summed E-state index contributed by atoms with van der Waals surface area (Å²) in [5.41, 5.74) is 5.80. The number of sulfonamides is 1. The van der Waals surface area contributed by atoms with E-state index in [0.29, 0.717) is 38.3 Å². The van der Waals surface area contributed by atoms with Gasteiger partial charge in [-0.2, -0.15) is 4.31 Å². The van der Waals surface area contributed by atoms with Crippen LogP contribution in [0.25, 0.3) is 0 Å². The first-order chi connectivity index (χ1) is 15.8. The fourth-order valence-corrected chi connectivity index (χ4v) is 5.03. The molecule has 1 aromatic rings. The fourth-order valence-electron chi connectivity index (χ4n) is 3.91. The molecule has 0 radical (unpaired) electrons. The van der Waals surface area contributed by atoms with E-state index in [4.69, 9.17) is 4.74 Å². The van der Waals surface area contributed by atoms with Crippen molar-refractivity contribution in [2.45, 2.75) is 32.5 Å². The molecule has 0 spiro atoms. The molecule has 33 heavy (non-hydrogen) atoms. The number of rotatable bonds is 8. The van der Waals surface area contributed by atoms with Crippen molar-refractivity contribution in [3.63, 3.8) is 0 Å². The number of hydrogen-bond donors (Lipinski definition) is 2. The van der Waals surface area contributed by atoms with Crippen molar-refractivity contribution in [2.24, 2.45) is 0 Å². The molecule has 3 rings (SSSR count). The third kappa shape index (κ3) is 6.11. The summed E-state index contributed by atoms with van der Waals surface area (Å²) in [7, 11) is -1.74. The van der Waals surface area contributed by atoms with Gasteiger partial charge in [0, 0.05) is 51.1 Å². The maximum Gasteiger partial charge on any atom is 0.340 e. The first kappa shape index (κ1) is 25.2. The molecule has 1 saturated heterocycles. The van der Waals surface area contributed by atoms with Crippen LogP contribution >= 0.6 is 0 Å². The Balaban J connectivity index is 1.66. The normalized spacial score (nSPS) is 21.9. The van der Waals surface area contributed by atoms with E-state index in [2.05, 4.69) is 10.9 Å². The van der Waals surface area contributed by atoms with E-state index < -0.39 is 21.9 Å². The Morgan fingerprint density at radius 2 is 2.06 bits per heavy atom. The van der Waals surface area contributed by atoms with Gasteiger partial charge in [0.15, 0.2) is 5.82 Å². The minimum absolute atomic E-state index is 0.0447. The predicted molar refractivity (Wildman–Crippen MR) is 125 cm³/mol. The van der Waals surface area contributed by atoms with Crippen molar-refractivity contribution >= 4 is 21.7 Å². The molecule has 11 heteroatoms. The number of hydrazine groups is 1. The van der Waals surface area contributed by atoms with Crippen LogP contribution in [0, 0.1) is 5.82 Å². The maximum absolute atomic E-state index is 15.2. The SMILES string of the molecule is CCS(=O)(=O)N1CCN(Cc2cccc(NNC(=O)N3C=CC=CC3C)c2F)[C@@H](COC)C1. The lowest BCUT2D eigenvalue weighted by molar-refractivity contribution is 0.0451. The van der Waals surface area contributed by atoms with Crippen molar-refractivity contribution in [3.05, 3.63) is 54.0 Å². The molecule has 1 unspecified atom stereocenters. The highest BCUT2D eigenvalue weighted by molar-refractivity contribution is 7.89. The van der Waals surface area contributed by atoms with Gasteiger partial charge in [-0.15, -0.1) is 0 Å². The van der Waals surface area contributed by atoms with Crippen LogP contribution < -0.4 is 10.9 Å². The molecule has 0 bridgehead atoms. The number of hydrogen-bond acceptors (Lipinski definition) is 6. The van der Waals surface area contributed by atoms with E-state index in [9.17, 15) is 13.2 Å². The summed E-state index contributed by atoms with van der Waals surface area (Å²) in [5, 5.41) is 0. The van der Waals surface area contributed by atoms with Crippen molar-refractivity contribution in [3.8, 4) is 0 Å². The molecule has 2 aliphatic heterocycles. The number of benzene rings is 1. The molecule has 2 atom stereocenters. The first-order valence-corrected chi connectivity index (χ1v) is 12.5. The van der Waals surface area contributed by atoms with Crippen LogP contribution in [0.2, 0.25) is 0 Å². The molecule has 1 fully saturated rings. The average Bonchev–Trinajstić information content (AvgIpc) is 2.80. The number of ether oxygens (including phenoxy) is 1. The molecule has 2 N–H and O–H groups in total. The van der Waals surface area contributed by atoms with Gasteiger partial charge in [0.1, 0.15) is 0 Å². The van der Waals surface area contributed by atoms with Gasteiger partial charge in [0.05, 0.1) is 24.1 Å². The smallest absolute Gasteiger partial charge is 0.340 e. The van der Waals surface area contributed by atoms with Crippen molar-refractivity contribution in [2.75, 3.05) is 44.5 Å². The number of carbonyl (C=O) groups is 1. The number of piperazine rings is 1. The van der Waals surface area contributed by atoms with Gasteiger partial charge >= 0.3 is 6.03 Å². The molecular formula is C22H32FN5O4S. The second-order valence-corrected chi connectivity index (χ2v) is 10.3. The van der Waals surface area contributed by atoms with E-state index in [1.54, 1.807) is 44.5 Å². The van der Waals surface area contributed by atoms with Crippen LogP contribution in [0.5, 0.6) is 0 Å². The summed E-state index contributed by atoms with van der Waals surface area (Å²) < 4.78 is 46.5. The van der Waals surface area contributed by atoms with Gasteiger partial charge in [-0.3, -0.25) is 20.7 Å². The second-order valence-electron chi connectivity index (χ2n) is 8.05. The highest BCUT2D eigenvalue weighted by atomic mass is 32.2. The number of nitrogens with zero attached hydrogens (tertiary/aromatic N) is 3. The Bertz CT molecular complexity index is 1000. The topological polar surface area (TPSA) is 94.2 Å². The molecule has 1 aromatic carbocycles. The third-order valence-electron chi connectivity index (χ3n) is 5.86. The number of nitrogens with one attached hydrogen (secondary N) is 2. The molecule has 0 aromatic heterocycles. The Labute approximate surface area is 194 Å². The van der Waals surface area contributed by atoms with Crippen LogP contribution in [0.1, 0.15) is 19.4 Å². The van der Waals surface area contributed by atoms with Crippen LogP contribution in [-0.2, 0) is 21.3 Å². The van der Waals surface area contributed by atoms with Gasteiger partial charge in [0.2, 0.25) is 10.0 Å². The summed E-state index contributed by atoms with van der Waals surface area (Å²) in [6.45, 7) is 5.24. The fraction of sp³-hybridized carbons (Fsp3) is 0.500.